The Kier molecular flexibility index (Phi) is 8.82. The van der Waals surface area contributed by atoms with Crippen molar-refractivity contribution in [1.29, 1.82) is 0 Å². The average Bonchev–Trinajstić information content (AvgIpc) is 3.61. The molecule has 3 aromatic rings. The number of rotatable bonds is 9. The van der Waals surface area contributed by atoms with Gasteiger partial charge in [0.15, 0.2) is 0 Å². The maximum atomic E-state index is 14.3. The third-order valence-corrected chi connectivity index (χ3v) is 7.03. The molecule has 1 fully saturated rings. The minimum absolute atomic E-state index is 0.116. The molecule has 0 aromatic heterocycles. The lowest BCUT2D eigenvalue weighted by atomic mass is 9.98. The van der Waals surface area contributed by atoms with Gasteiger partial charge in [0.2, 0.25) is 5.91 Å². The topological polar surface area (TPSA) is 87.7 Å². The molecule has 2 N–H and O–H groups in total. The molecule has 4 rings (SSSR count). The van der Waals surface area contributed by atoms with E-state index in [-0.39, 0.29) is 29.7 Å². The molecule has 7 heteroatoms. The van der Waals surface area contributed by atoms with Gasteiger partial charge >= 0.3 is 6.09 Å². The molecule has 4 unspecified atom stereocenters. The van der Waals surface area contributed by atoms with Crippen molar-refractivity contribution in [2.45, 2.75) is 78.1 Å². The first-order chi connectivity index (χ1) is 18.9. The van der Waals surface area contributed by atoms with Crippen LogP contribution in [0.1, 0.15) is 66.0 Å². The van der Waals surface area contributed by atoms with E-state index in [0.29, 0.717) is 17.7 Å². The number of amides is 3. The smallest absolute Gasteiger partial charge is 0.408 e. The number of alkyl carbamates (subject to hydrolysis) is 1. The summed E-state index contributed by atoms with van der Waals surface area (Å²) in [5.74, 6) is -0.209. The summed E-state index contributed by atoms with van der Waals surface area (Å²) in [6, 6.07) is 21.3. The Hall–Kier alpha value is -3.87. The second-order valence-corrected chi connectivity index (χ2v) is 12.2. The van der Waals surface area contributed by atoms with Gasteiger partial charge in [-0.2, -0.15) is 0 Å². The number of hydrogen-bond donors (Lipinski definition) is 2. The molecule has 0 bridgehead atoms. The molecule has 7 nitrogen and oxygen atoms in total. The molecule has 3 amide bonds. The van der Waals surface area contributed by atoms with Gasteiger partial charge in [-0.15, -0.1) is 0 Å². The van der Waals surface area contributed by atoms with Crippen LogP contribution in [-0.2, 0) is 14.3 Å². The second-order valence-electron chi connectivity index (χ2n) is 12.2. The molecule has 3 aromatic carbocycles. The van der Waals surface area contributed by atoms with Gasteiger partial charge in [-0.1, -0.05) is 81.4 Å². The first-order valence-corrected chi connectivity index (χ1v) is 14.1. The van der Waals surface area contributed by atoms with Gasteiger partial charge in [0.1, 0.15) is 17.7 Å². The lowest BCUT2D eigenvalue weighted by Crippen LogP contribution is -2.53. The molecule has 1 saturated carbocycles. The predicted molar refractivity (Wildman–Crippen MR) is 159 cm³/mol. The van der Waals surface area contributed by atoms with Gasteiger partial charge in [-0.3, -0.25) is 9.59 Å². The number of benzene rings is 3. The third-order valence-electron chi connectivity index (χ3n) is 7.03. The van der Waals surface area contributed by atoms with Crippen LogP contribution in [0.2, 0.25) is 0 Å². The van der Waals surface area contributed by atoms with Crippen molar-refractivity contribution >= 4 is 34.4 Å². The van der Waals surface area contributed by atoms with E-state index in [1.165, 1.54) is 0 Å². The number of nitrogens with zero attached hydrogens (tertiary/aromatic N) is 1. The summed E-state index contributed by atoms with van der Waals surface area (Å²) < 4.78 is 5.48. The number of hydrogen-bond acceptors (Lipinski definition) is 4. The molecule has 0 heterocycles. The summed E-state index contributed by atoms with van der Waals surface area (Å²) in [6.07, 6.45) is 0.565. The highest BCUT2D eigenvalue weighted by molar-refractivity contribution is 6.00. The van der Waals surface area contributed by atoms with E-state index >= 15 is 0 Å². The number of ether oxygens (including phenoxy) is 1. The summed E-state index contributed by atoms with van der Waals surface area (Å²) in [4.78, 5) is 42.9. The van der Waals surface area contributed by atoms with Gasteiger partial charge in [-0.25, -0.2) is 4.79 Å². The number of fused-ring (bicyclic) bond motifs is 1. The number of carbonyl (C=O) groups is 3. The van der Waals surface area contributed by atoms with E-state index in [1.807, 2.05) is 86.6 Å². The Morgan fingerprint density at radius 3 is 2.17 bits per heavy atom. The van der Waals surface area contributed by atoms with Gasteiger partial charge in [0, 0.05) is 11.7 Å². The predicted octanol–water partition coefficient (Wildman–Crippen LogP) is 6.70. The van der Waals surface area contributed by atoms with Crippen LogP contribution in [0.3, 0.4) is 0 Å². The molecule has 0 saturated heterocycles. The molecule has 212 valence electrons. The maximum Gasteiger partial charge on any atom is 0.408 e. The van der Waals surface area contributed by atoms with Crippen LogP contribution < -0.4 is 10.6 Å². The lowest BCUT2D eigenvalue weighted by molar-refractivity contribution is -0.142. The Bertz CT molecular complexity index is 1350. The van der Waals surface area contributed by atoms with Crippen molar-refractivity contribution in [2.75, 3.05) is 5.32 Å². The molecule has 0 radical (unpaired) electrons. The first kappa shape index (κ1) is 29.1. The van der Waals surface area contributed by atoms with Crippen LogP contribution in [0.5, 0.6) is 0 Å². The van der Waals surface area contributed by atoms with Crippen LogP contribution in [0, 0.1) is 11.8 Å². The van der Waals surface area contributed by atoms with E-state index in [1.54, 1.807) is 25.7 Å². The lowest BCUT2D eigenvalue weighted by Gasteiger charge is -2.35. The monoisotopic (exact) mass is 543 g/mol. The van der Waals surface area contributed by atoms with Crippen molar-refractivity contribution in [3.8, 4) is 0 Å². The van der Waals surface area contributed by atoms with Crippen LogP contribution in [0.25, 0.3) is 10.8 Å². The summed E-state index contributed by atoms with van der Waals surface area (Å²) >= 11 is 0. The van der Waals surface area contributed by atoms with E-state index < -0.39 is 23.8 Å². The maximum absolute atomic E-state index is 14.3. The largest absolute Gasteiger partial charge is 0.444 e. The summed E-state index contributed by atoms with van der Waals surface area (Å²) in [7, 11) is 0. The fourth-order valence-corrected chi connectivity index (χ4v) is 5.05. The van der Waals surface area contributed by atoms with E-state index in [9.17, 15) is 14.4 Å². The third kappa shape index (κ3) is 7.40. The van der Waals surface area contributed by atoms with Crippen molar-refractivity contribution < 1.29 is 19.1 Å². The average molecular weight is 544 g/mol. The highest BCUT2D eigenvalue weighted by Gasteiger charge is 2.48. The summed E-state index contributed by atoms with van der Waals surface area (Å²) in [5, 5.41) is 7.98. The highest BCUT2D eigenvalue weighted by atomic mass is 16.6. The fraction of sp³-hybridized carbons (Fsp3) is 0.424. The van der Waals surface area contributed by atoms with Gasteiger partial charge in [0.25, 0.3) is 5.91 Å². The minimum Gasteiger partial charge on any atom is -0.444 e. The number of nitrogens with one attached hydrogen (secondary N) is 2. The standard InChI is InChI=1S/C33H41N3O4/c1-21(2)18-27(35-32(39)40-33(4,5)6)31(38)36(28-19-22(28)3)29(24-13-8-7-9-14-24)30(37)34-26-17-16-23-12-10-11-15-25(23)20-26/h7-17,20-22,27-29H,18-19H2,1-6H3,(H,34,37)(H,35,39). The molecular formula is C33H41N3O4. The zero-order chi connectivity index (χ0) is 29.0. The minimum atomic E-state index is -0.870. The molecule has 4 atom stereocenters. The Morgan fingerprint density at radius 1 is 0.950 bits per heavy atom. The van der Waals surface area contributed by atoms with Crippen LogP contribution in [0.15, 0.2) is 72.8 Å². The number of carbonyl (C=O) groups excluding carboxylic acids is 3. The van der Waals surface area contributed by atoms with Crippen molar-refractivity contribution in [3.63, 3.8) is 0 Å². The quantitative estimate of drug-likeness (QED) is 0.315. The molecule has 0 aliphatic heterocycles. The van der Waals surface area contributed by atoms with E-state index in [4.69, 9.17) is 4.74 Å². The van der Waals surface area contributed by atoms with E-state index in [0.717, 1.165) is 17.2 Å². The first-order valence-electron chi connectivity index (χ1n) is 14.1. The Morgan fingerprint density at radius 2 is 1.57 bits per heavy atom. The molecule has 1 aliphatic carbocycles. The van der Waals surface area contributed by atoms with Crippen LogP contribution >= 0.6 is 0 Å². The highest BCUT2D eigenvalue weighted by Crippen LogP contribution is 2.41. The zero-order valence-electron chi connectivity index (χ0n) is 24.3. The molecule has 0 spiro atoms. The van der Waals surface area contributed by atoms with Crippen molar-refractivity contribution in [3.05, 3.63) is 78.4 Å². The van der Waals surface area contributed by atoms with Crippen LogP contribution in [0.4, 0.5) is 10.5 Å². The zero-order valence-corrected chi connectivity index (χ0v) is 24.3. The van der Waals surface area contributed by atoms with Crippen molar-refractivity contribution in [2.24, 2.45) is 11.8 Å². The molecule has 1 aliphatic rings. The van der Waals surface area contributed by atoms with Crippen LogP contribution in [-0.4, -0.2) is 40.5 Å². The second kappa shape index (κ2) is 12.1. The van der Waals surface area contributed by atoms with Gasteiger partial charge in [-0.05, 0) is 73.9 Å². The van der Waals surface area contributed by atoms with E-state index in [2.05, 4.69) is 17.6 Å². The Balaban J connectivity index is 1.69. The Labute approximate surface area is 237 Å². The van der Waals surface area contributed by atoms with Gasteiger partial charge in [0.05, 0.1) is 0 Å². The molecular weight excluding hydrogens is 502 g/mol. The summed E-state index contributed by atoms with van der Waals surface area (Å²) in [5.41, 5.74) is 0.673. The normalized spacial score (nSPS) is 18.1. The van der Waals surface area contributed by atoms with Crippen molar-refractivity contribution in [1.82, 2.24) is 10.2 Å². The number of anilines is 1. The fourth-order valence-electron chi connectivity index (χ4n) is 5.05. The summed E-state index contributed by atoms with van der Waals surface area (Å²) in [6.45, 7) is 11.4. The SMILES string of the molecule is CC(C)CC(NC(=O)OC(C)(C)C)C(=O)N(C(C(=O)Nc1ccc2ccccc2c1)c1ccccc1)C1CC1C. The van der Waals surface area contributed by atoms with Gasteiger partial charge < -0.3 is 20.3 Å². The molecule has 40 heavy (non-hydrogen) atoms.